The Morgan fingerprint density at radius 2 is 1.51 bits per heavy atom. The number of hydrogen-bond acceptors (Lipinski definition) is 9. The molecule has 51 heavy (non-hydrogen) atoms. The summed E-state index contributed by atoms with van der Waals surface area (Å²) in [6, 6.07) is 20.3. The van der Waals surface area contributed by atoms with Crippen LogP contribution in [0.15, 0.2) is 72.8 Å². The van der Waals surface area contributed by atoms with Gasteiger partial charge in [-0.25, -0.2) is 21.9 Å². The molecule has 2 heterocycles. The highest BCUT2D eigenvalue weighted by Crippen LogP contribution is 2.46. The van der Waals surface area contributed by atoms with Crippen molar-refractivity contribution in [3.63, 3.8) is 0 Å². The van der Waals surface area contributed by atoms with Gasteiger partial charge in [-0.3, -0.25) is 4.79 Å². The Balaban J connectivity index is 1.29. The van der Waals surface area contributed by atoms with E-state index in [1.54, 1.807) is 11.9 Å². The number of aliphatic carboxylic acids is 1. The van der Waals surface area contributed by atoms with Crippen LogP contribution in [-0.2, 0) is 37.2 Å². The molecule has 2 aliphatic heterocycles. The summed E-state index contributed by atoms with van der Waals surface area (Å²) in [6.07, 6.45) is -4.76. The minimum absolute atomic E-state index is 0.102. The van der Waals surface area contributed by atoms with Gasteiger partial charge in [0.1, 0.15) is 24.1 Å². The van der Waals surface area contributed by atoms with Gasteiger partial charge in [0, 0.05) is 19.3 Å². The quantitative estimate of drug-likeness (QED) is 0.146. The lowest BCUT2D eigenvalue weighted by Crippen LogP contribution is -2.59. The van der Waals surface area contributed by atoms with E-state index < -0.39 is 64.4 Å². The number of ether oxygens (including phenoxy) is 1. The Morgan fingerprint density at radius 1 is 0.902 bits per heavy atom. The molecule has 3 aromatic carbocycles. The number of anilines is 1. The van der Waals surface area contributed by atoms with Crippen molar-refractivity contribution in [2.75, 3.05) is 24.7 Å². The molecule has 0 radical (unpaired) electrons. The molecule has 12 nitrogen and oxygen atoms in total. The number of β-lactam (4-membered cyclic amide) rings is 1. The van der Waals surface area contributed by atoms with E-state index in [1.807, 2.05) is 48.5 Å². The highest BCUT2D eigenvalue weighted by atomic mass is 32.2. The number of carbonyl (C=O) groups excluding carboxylic acids is 1. The number of aliphatic hydroxyl groups is 4. The Morgan fingerprint density at radius 3 is 2.12 bits per heavy atom. The largest absolute Gasteiger partial charge is 0.479 e. The number of carboxylic acid groups (broad SMARTS) is 1. The monoisotopic (exact) mass is 728 g/mol. The number of benzene rings is 3. The summed E-state index contributed by atoms with van der Waals surface area (Å²) in [5.41, 5.74) is 3.94. The van der Waals surface area contributed by atoms with Gasteiger partial charge in [-0.05, 0) is 85.0 Å². The minimum atomic E-state index is -3.26. The molecule has 276 valence electrons. The van der Waals surface area contributed by atoms with Crippen LogP contribution in [0.5, 0.6) is 0 Å². The van der Waals surface area contributed by atoms with E-state index in [4.69, 9.17) is 4.74 Å². The van der Waals surface area contributed by atoms with Gasteiger partial charge in [0.05, 0.1) is 30.4 Å². The molecule has 0 aliphatic carbocycles. The number of carbonyl (C=O) groups is 2. The number of amides is 1. The van der Waals surface area contributed by atoms with Crippen LogP contribution < -0.4 is 4.90 Å². The fraction of sp³-hybridized carbons (Fsp3) is 0.459. The predicted molar refractivity (Wildman–Crippen MR) is 186 cm³/mol. The van der Waals surface area contributed by atoms with E-state index >= 15 is 0 Å². The van der Waals surface area contributed by atoms with Crippen molar-refractivity contribution in [1.82, 2.24) is 4.31 Å². The zero-order valence-electron chi connectivity index (χ0n) is 28.5. The van der Waals surface area contributed by atoms with E-state index in [9.17, 15) is 47.9 Å². The third-order valence-electron chi connectivity index (χ3n) is 9.93. The number of aliphatic hydroxyl groups excluding tert-OH is 4. The van der Waals surface area contributed by atoms with Crippen LogP contribution in [0, 0.1) is 11.7 Å². The van der Waals surface area contributed by atoms with Crippen LogP contribution in [-0.4, -0.2) is 101 Å². The summed E-state index contributed by atoms with van der Waals surface area (Å²) in [5.74, 6) is -2.39. The second-order valence-electron chi connectivity index (χ2n) is 13.4. The Kier molecular flexibility index (Phi) is 12.3. The molecule has 2 aliphatic rings. The fourth-order valence-corrected chi connectivity index (χ4v) is 7.23. The molecule has 8 atom stereocenters. The maximum atomic E-state index is 13.7. The first-order valence-electron chi connectivity index (χ1n) is 16.9. The minimum Gasteiger partial charge on any atom is -0.479 e. The highest BCUT2D eigenvalue weighted by molar-refractivity contribution is 7.88. The molecule has 1 amide bonds. The van der Waals surface area contributed by atoms with Gasteiger partial charge in [0.25, 0.3) is 0 Å². The number of hydrogen-bond donors (Lipinski definition) is 5. The first-order chi connectivity index (χ1) is 24.1. The van der Waals surface area contributed by atoms with Crippen LogP contribution in [0.1, 0.15) is 60.1 Å². The third kappa shape index (κ3) is 9.01. The smallest absolute Gasteiger partial charge is 0.335 e. The van der Waals surface area contributed by atoms with Crippen molar-refractivity contribution in [2.24, 2.45) is 5.92 Å². The van der Waals surface area contributed by atoms with Crippen molar-refractivity contribution >= 4 is 27.6 Å². The lowest BCUT2D eigenvalue weighted by atomic mass is 9.78. The number of nitrogens with zero attached hydrogens (tertiary/aromatic N) is 2. The number of carboxylic acids is 1. The summed E-state index contributed by atoms with van der Waals surface area (Å²) in [4.78, 5) is 26.9. The first-order valence-corrected chi connectivity index (χ1v) is 18.8. The van der Waals surface area contributed by atoms with Gasteiger partial charge in [-0.2, -0.15) is 0 Å². The average Bonchev–Trinajstić information content (AvgIpc) is 3.09. The van der Waals surface area contributed by atoms with Crippen LogP contribution in [0.4, 0.5) is 10.1 Å². The van der Waals surface area contributed by atoms with E-state index in [0.717, 1.165) is 16.7 Å². The van der Waals surface area contributed by atoms with E-state index in [2.05, 4.69) is 0 Å². The molecule has 0 bridgehead atoms. The summed E-state index contributed by atoms with van der Waals surface area (Å²) in [5, 5.41) is 50.7. The highest BCUT2D eigenvalue weighted by Gasteiger charge is 2.49. The number of aryl methyl sites for hydroxylation is 2. The average molecular weight is 729 g/mol. The third-order valence-corrected chi connectivity index (χ3v) is 11.2. The molecule has 5 N–H and O–H groups in total. The molecule has 5 rings (SSSR count). The molecule has 0 unspecified atom stereocenters. The second-order valence-corrected chi connectivity index (χ2v) is 15.5. The molecule has 3 aromatic rings. The van der Waals surface area contributed by atoms with Crippen LogP contribution in [0.2, 0.25) is 0 Å². The lowest BCUT2D eigenvalue weighted by molar-refractivity contribution is -0.228. The Hall–Kier alpha value is -3.76. The molecule has 14 heteroatoms. The Bertz CT molecular complexity index is 1760. The molecule has 0 saturated carbocycles. The maximum Gasteiger partial charge on any atom is 0.335 e. The lowest BCUT2D eigenvalue weighted by Gasteiger charge is -2.48. The molecule has 0 spiro atoms. The summed E-state index contributed by atoms with van der Waals surface area (Å²) in [6.45, 7) is 0.386. The standard InChI is InChI=1S/C37H45FN2O10S/c1-39(51(2,48)49)21-3-4-22-7-16-27(17-8-22)40-31(28(36(40)45)18-19-29(41)24-12-14-26(38)15-13-24)25-10-5-23(6-11-25)9-20-30-32(42)33(43)34(44)35(50-30)37(46)47/h5-8,10-17,28-35,41-44H,3-4,9,18-21H2,1-2H3,(H,46,47)/t28-,29+,30+,31-,32+,33-,34+,35+/m1/s1. The van der Waals surface area contributed by atoms with Crippen molar-refractivity contribution in [3.8, 4) is 0 Å². The topological polar surface area (TPSA) is 185 Å². The first kappa shape index (κ1) is 38.5. The predicted octanol–water partition coefficient (Wildman–Crippen LogP) is 2.73. The van der Waals surface area contributed by atoms with Crippen molar-refractivity contribution < 1.29 is 52.7 Å². The molecule has 0 aromatic heterocycles. The molecular formula is C37H45FN2O10S. The van der Waals surface area contributed by atoms with Gasteiger partial charge >= 0.3 is 5.97 Å². The Labute approximate surface area is 296 Å². The zero-order chi connectivity index (χ0) is 37.0. The van der Waals surface area contributed by atoms with Gasteiger partial charge in [0.2, 0.25) is 15.9 Å². The van der Waals surface area contributed by atoms with Crippen molar-refractivity contribution in [1.29, 1.82) is 0 Å². The molecule has 2 saturated heterocycles. The van der Waals surface area contributed by atoms with E-state index in [-0.39, 0.29) is 24.8 Å². The van der Waals surface area contributed by atoms with Crippen LogP contribution in [0.25, 0.3) is 0 Å². The van der Waals surface area contributed by atoms with Crippen molar-refractivity contribution in [3.05, 3.63) is 101 Å². The van der Waals surface area contributed by atoms with Gasteiger partial charge in [-0.1, -0.05) is 48.5 Å². The summed E-state index contributed by atoms with van der Waals surface area (Å²) in [7, 11) is -1.72. The molecule has 2 fully saturated rings. The number of halogens is 1. The summed E-state index contributed by atoms with van der Waals surface area (Å²) >= 11 is 0. The SMILES string of the molecule is CN(CCCc1ccc(N2C(=O)[C@H](CC[C@H](O)c3ccc(F)cc3)[C@H]2c2ccc(CC[C@@H]3O[C@H](C(=O)O)[C@@H](O)[C@H](O)[C@H]3O)cc2)cc1)S(C)(=O)=O. The number of rotatable bonds is 15. The van der Waals surface area contributed by atoms with Crippen LogP contribution in [0.3, 0.4) is 0 Å². The fourth-order valence-electron chi connectivity index (χ4n) is 6.77. The zero-order valence-corrected chi connectivity index (χ0v) is 29.3. The van der Waals surface area contributed by atoms with Crippen LogP contribution >= 0.6 is 0 Å². The van der Waals surface area contributed by atoms with Gasteiger partial charge in [0.15, 0.2) is 6.10 Å². The normalized spacial score (nSPS) is 25.8. The maximum absolute atomic E-state index is 13.7. The number of sulfonamides is 1. The second kappa shape index (κ2) is 16.3. The van der Waals surface area contributed by atoms with E-state index in [1.165, 1.54) is 34.8 Å². The molecular weight excluding hydrogens is 683 g/mol. The summed E-state index contributed by atoms with van der Waals surface area (Å²) < 4.78 is 43.5. The van der Waals surface area contributed by atoms with Gasteiger partial charge in [-0.15, -0.1) is 0 Å². The van der Waals surface area contributed by atoms with Crippen molar-refractivity contribution in [2.45, 2.75) is 81.2 Å². The van der Waals surface area contributed by atoms with E-state index in [0.29, 0.717) is 43.5 Å². The van der Waals surface area contributed by atoms with Gasteiger partial charge < -0.3 is 35.2 Å².